The van der Waals surface area contributed by atoms with Gasteiger partial charge in [-0.2, -0.15) is 0 Å². The molecule has 2 rings (SSSR count). The van der Waals surface area contributed by atoms with E-state index in [4.69, 9.17) is 4.74 Å². The van der Waals surface area contributed by atoms with Gasteiger partial charge in [0.1, 0.15) is 22.4 Å². The van der Waals surface area contributed by atoms with E-state index in [1.54, 1.807) is 12.1 Å². The highest BCUT2D eigenvalue weighted by molar-refractivity contribution is 7.91. The number of aryl methyl sites for hydroxylation is 1. The zero-order chi connectivity index (χ0) is 15.3. The summed E-state index contributed by atoms with van der Waals surface area (Å²) in [5.74, 6) is -0.0163. The number of hydrogen-bond acceptors (Lipinski definition) is 4. The number of hydrogen-bond donors (Lipinski definition) is 1. The van der Waals surface area contributed by atoms with Gasteiger partial charge < -0.3 is 4.74 Å². The lowest BCUT2D eigenvalue weighted by Crippen LogP contribution is -2.27. The van der Waals surface area contributed by atoms with E-state index in [-0.39, 0.29) is 13.2 Å². The van der Waals surface area contributed by atoms with Crippen LogP contribution in [0.3, 0.4) is 0 Å². The maximum Gasteiger partial charge on any atom is 0.250 e. The molecule has 0 amide bonds. The molecule has 0 radical (unpaired) electrons. The number of thiophene rings is 1. The molecule has 0 saturated heterocycles. The van der Waals surface area contributed by atoms with Gasteiger partial charge in [0.05, 0.1) is 0 Å². The first-order chi connectivity index (χ1) is 10.0. The number of rotatable bonds is 7. The van der Waals surface area contributed by atoms with Gasteiger partial charge in [0.25, 0.3) is 0 Å². The molecular weight excluding hydrogens is 313 g/mol. The fourth-order valence-electron chi connectivity index (χ4n) is 1.67. The van der Waals surface area contributed by atoms with Gasteiger partial charge in [-0.3, -0.25) is 0 Å². The molecule has 0 aliphatic heterocycles. The minimum Gasteiger partial charge on any atom is -0.492 e. The van der Waals surface area contributed by atoms with Gasteiger partial charge in [0.15, 0.2) is 0 Å². The average Bonchev–Trinajstić information content (AvgIpc) is 2.93. The van der Waals surface area contributed by atoms with Crippen molar-refractivity contribution in [2.45, 2.75) is 17.6 Å². The molecule has 0 atom stereocenters. The van der Waals surface area contributed by atoms with Crippen LogP contribution in [-0.4, -0.2) is 21.6 Å². The lowest BCUT2D eigenvalue weighted by atomic mass is 10.3. The van der Waals surface area contributed by atoms with Crippen LogP contribution in [0.1, 0.15) is 11.8 Å². The minimum absolute atomic E-state index is 0.123. The van der Waals surface area contributed by atoms with Crippen LogP contribution in [0, 0.1) is 5.82 Å². The van der Waals surface area contributed by atoms with Gasteiger partial charge in [0, 0.05) is 17.5 Å². The molecule has 0 spiro atoms. The summed E-state index contributed by atoms with van der Waals surface area (Å²) in [7, 11) is -3.50. The largest absolute Gasteiger partial charge is 0.492 e. The molecule has 1 aromatic heterocycles. The quantitative estimate of drug-likeness (QED) is 0.795. The van der Waals surface area contributed by atoms with E-state index in [0.717, 1.165) is 11.3 Å². The van der Waals surface area contributed by atoms with Gasteiger partial charge >= 0.3 is 0 Å². The predicted octanol–water partition coefficient (Wildman–Crippen LogP) is 2.81. The van der Waals surface area contributed by atoms with Crippen molar-refractivity contribution < 1.29 is 17.5 Å². The Labute approximate surface area is 127 Å². The van der Waals surface area contributed by atoms with Gasteiger partial charge in [-0.25, -0.2) is 17.5 Å². The maximum atomic E-state index is 12.9. The minimum atomic E-state index is -3.50. The molecule has 4 nitrogen and oxygen atoms in total. The molecular formula is C14H16FNO3S2. The van der Waals surface area contributed by atoms with Crippen LogP contribution in [0.5, 0.6) is 5.75 Å². The fraction of sp³-hybridized carbons (Fsp3) is 0.286. The molecule has 21 heavy (non-hydrogen) atoms. The van der Waals surface area contributed by atoms with Crippen LogP contribution in [0.25, 0.3) is 0 Å². The van der Waals surface area contributed by atoms with Crippen molar-refractivity contribution in [1.82, 2.24) is 4.72 Å². The number of nitrogens with one attached hydrogen (secondary N) is 1. The first-order valence-corrected chi connectivity index (χ1v) is 8.78. The first kappa shape index (κ1) is 15.9. The Kier molecular flexibility index (Phi) is 5.33. The number of halogens is 1. The van der Waals surface area contributed by atoms with E-state index in [1.165, 1.54) is 29.5 Å². The van der Waals surface area contributed by atoms with Crippen LogP contribution in [0.15, 0.2) is 40.6 Å². The molecule has 0 bridgehead atoms. The second kappa shape index (κ2) is 7.02. The Morgan fingerprint density at radius 1 is 1.29 bits per heavy atom. The number of sulfonamides is 1. The Bertz CT molecular complexity index is 698. The SMILES string of the molecule is CCc1ccc(S(=O)(=O)NCCOc2cccc(F)c2)s1. The molecule has 0 unspecified atom stereocenters. The highest BCUT2D eigenvalue weighted by Crippen LogP contribution is 2.21. The third-order valence-electron chi connectivity index (χ3n) is 2.71. The zero-order valence-electron chi connectivity index (χ0n) is 11.5. The summed E-state index contributed by atoms with van der Waals surface area (Å²) in [6.45, 7) is 2.23. The summed E-state index contributed by atoms with van der Waals surface area (Å²) in [6.07, 6.45) is 0.808. The van der Waals surface area contributed by atoms with Crippen molar-refractivity contribution in [3.63, 3.8) is 0 Å². The summed E-state index contributed by atoms with van der Waals surface area (Å²) in [5.41, 5.74) is 0. The third kappa shape index (κ3) is 4.52. The summed E-state index contributed by atoms with van der Waals surface area (Å²) in [4.78, 5) is 1.02. The smallest absolute Gasteiger partial charge is 0.250 e. The van der Waals surface area contributed by atoms with Gasteiger partial charge in [0.2, 0.25) is 10.0 Å². The van der Waals surface area contributed by atoms with Crippen molar-refractivity contribution in [1.29, 1.82) is 0 Å². The first-order valence-electron chi connectivity index (χ1n) is 6.48. The average molecular weight is 329 g/mol. The highest BCUT2D eigenvalue weighted by Gasteiger charge is 2.15. The second-order valence-corrected chi connectivity index (χ2v) is 7.44. The monoisotopic (exact) mass is 329 g/mol. The van der Waals surface area contributed by atoms with E-state index in [0.29, 0.717) is 9.96 Å². The molecule has 0 aliphatic carbocycles. The van der Waals surface area contributed by atoms with Crippen LogP contribution in [0.4, 0.5) is 4.39 Å². The van der Waals surface area contributed by atoms with Crippen molar-refractivity contribution in [2.75, 3.05) is 13.2 Å². The summed E-state index contributed by atoms with van der Waals surface area (Å²) < 4.78 is 45.0. The lowest BCUT2D eigenvalue weighted by molar-refractivity contribution is 0.321. The van der Waals surface area contributed by atoms with E-state index in [9.17, 15) is 12.8 Å². The molecule has 0 aliphatic rings. The van der Waals surface area contributed by atoms with Gasteiger partial charge in [-0.1, -0.05) is 13.0 Å². The Hall–Kier alpha value is -1.44. The Morgan fingerprint density at radius 3 is 2.76 bits per heavy atom. The molecule has 1 heterocycles. The molecule has 0 fully saturated rings. The number of benzene rings is 1. The Balaban J connectivity index is 1.85. The predicted molar refractivity (Wildman–Crippen MR) is 80.8 cm³/mol. The highest BCUT2D eigenvalue weighted by atomic mass is 32.2. The normalized spacial score (nSPS) is 11.5. The van der Waals surface area contributed by atoms with E-state index < -0.39 is 15.8 Å². The van der Waals surface area contributed by atoms with Crippen molar-refractivity contribution in [3.8, 4) is 5.75 Å². The zero-order valence-corrected chi connectivity index (χ0v) is 13.1. The van der Waals surface area contributed by atoms with Crippen LogP contribution in [0.2, 0.25) is 0 Å². The lowest BCUT2D eigenvalue weighted by Gasteiger charge is -2.07. The summed E-state index contributed by atoms with van der Waals surface area (Å²) in [5, 5.41) is 0. The fourth-order valence-corrected chi connectivity index (χ4v) is 4.02. The maximum absolute atomic E-state index is 12.9. The second-order valence-electron chi connectivity index (χ2n) is 4.28. The Morgan fingerprint density at radius 2 is 2.10 bits per heavy atom. The van der Waals surface area contributed by atoms with E-state index >= 15 is 0 Å². The summed E-state index contributed by atoms with van der Waals surface area (Å²) >= 11 is 1.26. The molecule has 114 valence electrons. The summed E-state index contributed by atoms with van der Waals surface area (Å²) in [6, 6.07) is 9.12. The van der Waals surface area contributed by atoms with Crippen LogP contribution in [-0.2, 0) is 16.4 Å². The standard InChI is InChI=1S/C14H16FNO3S2/c1-2-13-6-7-14(20-13)21(17,18)16-8-9-19-12-5-3-4-11(15)10-12/h3-7,10,16H,2,8-9H2,1H3. The third-order valence-corrected chi connectivity index (χ3v) is 5.89. The van der Waals surface area contributed by atoms with E-state index in [1.807, 2.05) is 13.0 Å². The van der Waals surface area contributed by atoms with E-state index in [2.05, 4.69) is 4.72 Å². The molecule has 7 heteroatoms. The molecule has 1 aromatic carbocycles. The van der Waals surface area contributed by atoms with Crippen molar-refractivity contribution in [2.24, 2.45) is 0 Å². The van der Waals surface area contributed by atoms with Crippen LogP contribution < -0.4 is 9.46 Å². The van der Waals surface area contributed by atoms with Crippen LogP contribution >= 0.6 is 11.3 Å². The number of ether oxygens (including phenoxy) is 1. The molecule has 1 N–H and O–H groups in total. The topological polar surface area (TPSA) is 55.4 Å². The molecule has 0 saturated carbocycles. The van der Waals surface area contributed by atoms with Crippen molar-refractivity contribution in [3.05, 3.63) is 47.1 Å². The van der Waals surface area contributed by atoms with Crippen molar-refractivity contribution >= 4 is 21.4 Å². The van der Waals surface area contributed by atoms with Gasteiger partial charge in [-0.05, 0) is 30.7 Å². The molecule has 2 aromatic rings. The van der Waals surface area contributed by atoms with Gasteiger partial charge in [-0.15, -0.1) is 11.3 Å².